The molecule has 0 saturated heterocycles. The summed E-state index contributed by atoms with van der Waals surface area (Å²) in [5.41, 5.74) is 9.04. The molecule has 28 heavy (non-hydrogen) atoms. The predicted molar refractivity (Wildman–Crippen MR) is 104 cm³/mol. The van der Waals surface area contributed by atoms with Gasteiger partial charge in [-0.25, -0.2) is 12.7 Å². The number of anilines is 1. The first-order valence-corrected chi connectivity index (χ1v) is 10.7. The smallest absolute Gasteiger partial charge is 0.268 e. The van der Waals surface area contributed by atoms with Gasteiger partial charge in [-0.1, -0.05) is 6.07 Å². The highest BCUT2D eigenvalue weighted by molar-refractivity contribution is 7.90. The van der Waals surface area contributed by atoms with Crippen molar-refractivity contribution in [3.63, 3.8) is 0 Å². The summed E-state index contributed by atoms with van der Waals surface area (Å²) >= 11 is 0. The summed E-state index contributed by atoms with van der Waals surface area (Å²) in [6, 6.07) is 9.72. The maximum atomic E-state index is 12.8. The van der Waals surface area contributed by atoms with Crippen LogP contribution in [0, 0.1) is 0 Å². The molecule has 2 aliphatic rings. The topological polar surface area (TPSA) is 110 Å². The van der Waals surface area contributed by atoms with Gasteiger partial charge in [-0.05, 0) is 67.6 Å². The highest BCUT2D eigenvalue weighted by atomic mass is 32.2. The molecule has 2 aromatic carbocycles. The van der Waals surface area contributed by atoms with Gasteiger partial charge in [0.2, 0.25) is 0 Å². The van der Waals surface area contributed by atoms with Gasteiger partial charge >= 0.3 is 0 Å². The Labute approximate surface area is 163 Å². The van der Waals surface area contributed by atoms with Gasteiger partial charge in [-0.15, -0.1) is 0 Å². The van der Waals surface area contributed by atoms with Crippen LogP contribution in [0.15, 0.2) is 41.3 Å². The minimum absolute atomic E-state index is 0.0549. The second-order valence-electron chi connectivity index (χ2n) is 7.06. The molecule has 3 N–H and O–H groups in total. The lowest BCUT2D eigenvalue weighted by Gasteiger charge is -2.26. The van der Waals surface area contributed by atoms with Gasteiger partial charge in [0.1, 0.15) is 4.90 Å². The van der Waals surface area contributed by atoms with E-state index in [0.29, 0.717) is 5.69 Å². The number of nitrogens with two attached hydrogens (primary N) is 1. The van der Waals surface area contributed by atoms with Crippen molar-refractivity contribution in [3.05, 3.63) is 58.7 Å². The minimum atomic E-state index is -3.90. The van der Waals surface area contributed by atoms with E-state index in [2.05, 4.69) is 5.32 Å². The molecule has 2 amide bonds. The second kappa shape index (κ2) is 6.63. The van der Waals surface area contributed by atoms with E-state index in [1.54, 1.807) is 6.92 Å². The van der Waals surface area contributed by atoms with Gasteiger partial charge in [-0.3, -0.25) is 9.59 Å². The SMILES string of the molecule is CCN1C(=O)c2ccc(C(=O)NC3CCCc4cc(N)ccc43)cc2S1(=O)=O. The molecule has 1 heterocycles. The Morgan fingerprint density at radius 3 is 2.79 bits per heavy atom. The van der Waals surface area contributed by atoms with E-state index in [9.17, 15) is 18.0 Å². The fourth-order valence-corrected chi connectivity index (χ4v) is 5.56. The van der Waals surface area contributed by atoms with Crippen LogP contribution in [0.5, 0.6) is 0 Å². The average molecular weight is 399 g/mol. The summed E-state index contributed by atoms with van der Waals surface area (Å²) in [6.45, 7) is 1.65. The molecule has 0 fully saturated rings. The molecule has 2 aromatic rings. The van der Waals surface area contributed by atoms with Crippen LogP contribution < -0.4 is 11.1 Å². The number of carbonyl (C=O) groups is 2. The monoisotopic (exact) mass is 399 g/mol. The largest absolute Gasteiger partial charge is 0.399 e. The summed E-state index contributed by atoms with van der Waals surface area (Å²) in [6.07, 6.45) is 2.65. The lowest BCUT2D eigenvalue weighted by molar-refractivity contribution is 0.0873. The number of amides is 2. The Kier molecular flexibility index (Phi) is 4.38. The lowest BCUT2D eigenvalue weighted by atomic mass is 9.87. The number of nitrogen functional groups attached to an aromatic ring is 1. The highest BCUT2D eigenvalue weighted by Gasteiger charge is 2.40. The van der Waals surface area contributed by atoms with Gasteiger partial charge in [-0.2, -0.15) is 0 Å². The maximum absolute atomic E-state index is 12.8. The zero-order valence-electron chi connectivity index (χ0n) is 15.4. The third-order valence-electron chi connectivity index (χ3n) is 5.34. The van der Waals surface area contributed by atoms with Gasteiger partial charge in [0.15, 0.2) is 0 Å². The van der Waals surface area contributed by atoms with Crippen LogP contribution in [0.25, 0.3) is 0 Å². The Morgan fingerprint density at radius 2 is 2.04 bits per heavy atom. The van der Waals surface area contributed by atoms with E-state index < -0.39 is 15.9 Å². The molecule has 1 atom stereocenters. The number of nitrogens with zero attached hydrogens (tertiary/aromatic N) is 1. The highest BCUT2D eigenvalue weighted by Crippen LogP contribution is 2.33. The summed E-state index contributed by atoms with van der Waals surface area (Å²) in [5.74, 6) is -0.918. The van der Waals surface area contributed by atoms with Crippen LogP contribution in [0.4, 0.5) is 5.69 Å². The number of carbonyl (C=O) groups excluding carboxylic acids is 2. The Bertz CT molecular complexity index is 1090. The van der Waals surface area contributed by atoms with E-state index in [0.717, 1.165) is 34.7 Å². The minimum Gasteiger partial charge on any atom is -0.399 e. The van der Waals surface area contributed by atoms with Gasteiger partial charge in [0, 0.05) is 17.8 Å². The van der Waals surface area contributed by atoms with Crippen LogP contribution in [0.3, 0.4) is 0 Å². The molecule has 0 saturated carbocycles. The number of benzene rings is 2. The van der Waals surface area contributed by atoms with E-state index in [-0.39, 0.29) is 34.5 Å². The second-order valence-corrected chi connectivity index (χ2v) is 8.89. The van der Waals surface area contributed by atoms with Crippen molar-refractivity contribution < 1.29 is 18.0 Å². The molecule has 8 heteroatoms. The number of rotatable bonds is 3. The number of hydrogen-bond donors (Lipinski definition) is 2. The first-order chi connectivity index (χ1) is 13.3. The Morgan fingerprint density at radius 1 is 1.25 bits per heavy atom. The first-order valence-electron chi connectivity index (χ1n) is 9.23. The first kappa shape index (κ1) is 18.5. The van der Waals surface area contributed by atoms with Crippen molar-refractivity contribution in [2.24, 2.45) is 0 Å². The van der Waals surface area contributed by atoms with Crippen LogP contribution in [-0.2, 0) is 16.4 Å². The summed E-state index contributed by atoms with van der Waals surface area (Å²) < 4.78 is 25.9. The van der Waals surface area contributed by atoms with Crippen molar-refractivity contribution in [1.29, 1.82) is 0 Å². The van der Waals surface area contributed by atoms with Gasteiger partial charge < -0.3 is 11.1 Å². The van der Waals surface area contributed by atoms with Crippen molar-refractivity contribution in [3.8, 4) is 0 Å². The van der Waals surface area contributed by atoms with E-state index >= 15 is 0 Å². The van der Waals surface area contributed by atoms with Crippen LogP contribution >= 0.6 is 0 Å². The fraction of sp³-hybridized carbons (Fsp3) is 0.300. The normalized spacial score (nSPS) is 19.8. The Hall–Kier alpha value is -2.87. The quantitative estimate of drug-likeness (QED) is 0.769. The number of nitrogens with one attached hydrogen (secondary N) is 1. The van der Waals surface area contributed by atoms with Crippen molar-refractivity contribution in [1.82, 2.24) is 9.62 Å². The molecule has 1 unspecified atom stereocenters. The van der Waals surface area contributed by atoms with Crippen molar-refractivity contribution in [2.75, 3.05) is 12.3 Å². The molecule has 4 rings (SSSR count). The van der Waals surface area contributed by atoms with Crippen molar-refractivity contribution in [2.45, 2.75) is 37.1 Å². The van der Waals surface area contributed by atoms with Crippen LogP contribution in [0.2, 0.25) is 0 Å². The average Bonchev–Trinajstić information content (AvgIpc) is 2.86. The molecule has 7 nitrogen and oxygen atoms in total. The summed E-state index contributed by atoms with van der Waals surface area (Å²) in [5, 5.41) is 2.99. The van der Waals surface area contributed by atoms with E-state index in [1.807, 2.05) is 18.2 Å². The summed E-state index contributed by atoms with van der Waals surface area (Å²) in [7, 11) is -3.90. The molecular formula is C20H21N3O4S. The van der Waals surface area contributed by atoms with Gasteiger partial charge in [0.05, 0.1) is 11.6 Å². The molecular weight excluding hydrogens is 378 g/mol. The van der Waals surface area contributed by atoms with E-state index in [4.69, 9.17) is 5.73 Å². The predicted octanol–water partition coefficient (Wildman–Crippen LogP) is 2.24. The third-order valence-corrected chi connectivity index (χ3v) is 7.24. The van der Waals surface area contributed by atoms with E-state index in [1.165, 1.54) is 18.2 Å². The standard InChI is InChI=1S/C20H21N3O4S/c1-2-23-20(25)16-8-6-13(11-18(16)28(23,26)27)19(24)22-17-5-3-4-12-10-14(21)7-9-15(12)17/h6-11,17H,2-5,21H2,1H3,(H,22,24). The molecule has 0 aromatic heterocycles. The molecule has 1 aliphatic carbocycles. The van der Waals surface area contributed by atoms with Crippen molar-refractivity contribution >= 4 is 27.5 Å². The zero-order chi connectivity index (χ0) is 20.1. The summed E-state index contributed by atoms with van der Waals surface area (Å²) in [4.78, 5) is 24.9. The Balaban J connectivity index is 1.63. The third kappa shape index (κ3) is 2.84. The number of hydrogen-bond acceptors (Lipinski definition) is 5. The zero-order valence-corrected chi connectivity index (χ0v) is 16.3. The van der Waals surface area contributed by atoms with Gasteiger partial charge in [0.25, 0.3) is 21.8 Å². The lowest BCUT2D eigenvalue weighted by Crippen LogP contribution is -2.31. The molecule has 1 aliphatic heterocycles. The maximum Gasteiger partial charge on any atom is 0.268 e. The molecule has 0 bridgehead atoms. The molecule has 146 valence electrons. The fourth-order valence-electron chi connectivity index (χ4n) is 3.96. The van der Waals surface area contributed by atoms with Crippen LogP contribution in [0.1, 0.15) is 57.7 Å². The number of sulfonamides is 1. The number of fused-ring (bicyclic) bond motifs is 2. The number of aryl methyl sites for hydroxylation is 1. The molecule has 0 radical (unpaired) electrons. The molecule has 0 spiro atoms. The van der Waals surface area contributed by atoms with Crippen LogP contribution in [-0.4, -0.2) is 31.1 Å².